The molecule has 4 heteroatoms. The number of ether oxygens (including phenoxy) is 1. The van der Waals surface area contributed by atoms with Crippen LogP contribution in [-0.4, -0.2) is 47.5 Å². The van der Waals surface area contributed by atoms with Crippen molar-refractivity contribution in [2.75, 3.05) is 32.8 Å². The molecule has 0 unspecified atom stereocenters. The van der Waals surface area contributed by atoms with Gasteiger partial charge in [-0.3, -0.25) is 9.58 Å². The Balaban J connectivity index is 0.000000171. The van der Waals surface area contributed by atoms with Crippen molar-refractivity contribution in [3.8, 4) is 0 Å². The summed E-state index contributed by atoms with van der Waals surface area (Å²) in [5.74, 6) is 0.547. The second-order valence-corrected chi connectivity index (χ2v) is 4.62. The summed E-state index contributed by atoms with van der Waals surface area (Å²) in [7, 11) is 1.94. The Bertz CT molecular complexity index is 303. The highest BCUT2D eigenvalue weighted by Gasteiger charge is 2.05. The standard InChI is InChI=1S/C7H12N2.C6H13NO/c1-6(2)7-4-5-9(3)8-7;1-2-7-3-5-8-6-4-7/h4-6H,1-3H3;2-6H2,1H3. The Morgan fingerprint density at radius 1 is 1.35 bits per heavy atom. The van der Waals surface area contributed by atoms with E-state index in [-0.39, 0.29) is 0 Å². The fourth-order valence-electron chi connectivity index (χ4n) is 1.66. The molecule has 0 spiro atoms. The third-order valence-electron chi connectivity index (χ3n) is 2.88. The van der Waals surface area contributed by atoms with Crippen LogP contribution in [0.25, 0.3) is 0 Å². The van der Waals surface area contributed by atoms with Gasteiger partial charge in [-0.25, -0.2) is 0 Å². The topological polar surface area (TPSA) is 30.3 Å². The van der Waals surface area contributed by atoms with Crippen LogP contribution in [0.3, 0.4) is 0 Å². The summed E-state index contributed by atoms with van der Waals surface area (Å²) in [6.07, 6.45) is 1.97. The number of aryl methyl sites for hydroxylation is 1. The molecule has 1 aromatic heterocycles. The number of hydrogen-bond donors (Lipinski definition) is 0. The number of aromatic nitrogens is 2. The van der Waals surface area contributed by atoms with Gasteiger partial charge in [-0.15, -0.1) is 0 Å². The summed E-state index contributed by atoms with van der Waals surface area (Å²) in [5, 5.41) is 4.23. The van der Waals surface area contributed by atoms with Gasteiger partial charge in [0.1, 0.15) is 0 Å². The zero-order valence-electron chi connectivity index (χ0n) is 11.5. The van der Waals surface area contributed by atoms with Crippen molar-refractivity contribution in [1.82, 2.24) is 14.7 Å². The molecular weight excluding hydrogens is 214 g/mol. The van der Waals surface area contributed by atoms with E-state index in [4.69, 9.17) is 4.74 Å². The molecule has 0 aliphatic carbocycles. The van der Waals surface area contributed by atoms with Crippen LogP contribution in [0.1, 0.15) is 32.4 Å². The van der Waals surface area contributed by atoms with Gasteiger partial charge in [0, 0.05) is 26.3 Å². The van der Waals surface area contributed by atoms with Crippen LogP contribution in [0.4, 0.5) is 0 Å². The Kier molecular flexibility index (Phi) is 6.22. The predicted octanol–water partition coefficient (Wildman–Crippen LogP) is 1.88. The molecule has 0 aromatic carbocycles. The summed E-state index contributed by atoms with van der Waals surface area (Å²) < 4.78 is 6.99. The lowest BCUT2D eigenvalue weighted by molar-refractivity contribution is 0.0405. The zero-order chi connectivity index (χ0) is 12.7. The molecule has 0 saturated carbocycles. The van der Waals surface area contributed by atoms with Crippen molar-refractivity contribution in [1.29, 1.82) is 0 Å². The minimum Gasteiger partial charge on any atom is -0.379 e. The third kappa shape index (κ3) is 5.33. The van der Waals surface area contributed by atoms with Crippen LogP contribution in [0.5, 0.6) is 0 Å². The average Bonchev–Trinajstić information content (AvgIpc) is 2.78. The van der Waals surface area contributed by atoms with Crippen molar-refractivity contribution in [3.63, 3.8) is 0 Å². The minimum absolute atomic E-state index is 0.547. The Labute approximate surface area is 105 Å². The maximum atomic E-state index is 5.16. The second kappa shape index (κ2) is 7.45. The van der Waals surface area contributed by atoms with Gasteiger partial charge < -0.3 is 4.74 Å². The first kappa shape index (κ1) is 14.2. The van der Waals surface area contributed by atoms with Gasteiger partial charge in [-0.1, -0.05) is 20.8 Å². The van der Waals surface area contributed by atoms with E-state index in [1.165, 1.54) is 6.54 Å². The highest BCUT2D eigenvalue weighted by atomic mass is 16.5. The maximum absolute atomic E-state index is 5.16. The van der Waals surface area contributed by atoms with E-state index < -0.39 is 0 Å². The summed E-state index contributed by atoms with van der Waals surface area (Å²) in [6.45, 7) is 11.7. The van der Waals surface area contributed by atoms with Gasteiger partial charge in [0.2, 0.25) is 0 Å². The van der Waals surface area contributed by atoms with E-state index in [1.54, 1.807) is 0 Å². The SMILES string of the molecule is CC(C)c1ccn(C)n1.CCN1CCOCC1. The fourth-order valence-corrected chi connectivity index (χ4v) is 1.66. The number of morpholine rings is 1. The van der Waals surface area contributed by atoms with Crippen molar-refractivity contribution >= 4 is 0 Å². The molecule has 0 N–H and O–H groups in total. The van der Waals surface area contributed by atoms with Crippen LogP contribution in [0.2, 0.25) is 0 Å². The quantitative estimate of drug-likeness (QED) is 0.789. The monoisotopic (exact) mass is 239 g/mol. The molecule has 98 valence electrons. The van der Waals surface area contributed by atoms with E-state index in [2.05, 4.69) is 30.8 Å². The normalized spacial score (nSPS) is 16.8. The first-order valence-corrected chi connectivity index (χ1v) is 6.43. The van der Waals surface area contributed by atoms with Gasteiger partial charge in [0.15, 0.2) is 0 Å². The zero-order valence-corrected chi connectivity index (χ0v) is 11.5. The molecule has 4 nitrogen and oxygen atoms in total. The maximum Gasteiger partial charge on any atom is 0.0649 e. The number of nitrogens with zero attached hydrogens (tertiary/aromatic N) is 3. The van der Waals surface area contributed by atoms with Crippen LogP contribution >= 0.6 is 0 Å². The Morgan fingerprint density at radius 3 is 2.29 bits per heavy atom. The summed E-state index contributed by atoms with van der Waals surface area (Å²) in [4.78, 5) is 2.39. The van der Waals surface area contributed by atoms with Crippen molar-refractivity contribution in [2.24, 2.45) is 7.05 Å². The molecule has 0 bridgehead atoms. The smallest absolute Gasteiger partial charge is 0.0649 e. The molecular formula is C13H25N3O. The molecule has 0 radical (unpaired) electrons. The number of rotatable bonds is 2. The van der Waals surface area contributed by atoms with Crippen molar-refractivity contribution in [3.05, 3.63) is 18.0 Å². The van der Waals surface area contributed by atoms with Crippen LogP contribution in [-0.2, 0) is 11.8 Å². The first-order chi connectivity index (χ1) is 8.13. The summed E-state index contributed by atoms with van der Waals surface area (Å²) in [5.41, 5.74) is 1.16. The van der Waals surface area contributed by atoms with Crippen LogP contribution in [0, 0.1) is 0 Å². The average molecular weight is 239 g/mol. The molecule has 0 amide bonds. The molecule has 17 heavy (non-hydrogen) atoms. The molecule has 1 aliphatic rings. The van der Waals surface area contributed by atoms with Gasteiger partial charge in [0.05, 0.1) is 18.9 Å². The van der Waals surface area contributed by atoms with E-state index in [0.29, 0.717) is 5.92 Å². The van der Waals surface area contributed by atoms with E-state index >= 15 is 0 Å². The highest BCUT2D eigenvalue weighted by Crippen LogP contribution is 2.08. The predicted molar refractivity (Wildman–Crippen MR) is 70.2 cm³/mol. The summed E-state index contributed by atoms with van der Waals surface area (Å²) in [6, 6.07) is 2.05. The molecule has 1 fully saturated rings. The van der Waals surface area contributed by atoms with Crippen LogP contribution in [0.15, 0.2) is 12.3 Å². The lowest BCUT2D eigenvalue weighted by atomic mass is 10.1. The molecule has 1 aromatic rings. The second-order valence-electron chi connectivity index (χ2n) is 4.62. The highest BCUT2D eigenvalue weighted by molar-refractivity contribution is 5.03. The Morgan fingerprint density at radius 2 is 2.00 bits per heavy atom. The number of likely N-dealkylation sites (N-methyl/N-ethyl adjacent to an activating group) is 1. The van der Waals surface area contributed by atoms with Gasteiger partial charge in [0.25, 0.3) is 0 Å². The van der Waals surface area contributed by atoms with Gasteiger partial charge >= 0.3 is 0 Å². The van der Waals surface area contributed by atoms with Gasteiger partial charge in [-0.2, -0.15) is 5.10 Å². The molecule has 1 aliphatic heterocycles. The summed E-state index contributed by atoms with van der Waals surface area (Å²) >= 11 is 0. The molecule has 2 rings (SSSR count). The molecule has 2 heterocycles. The third-order valence-corrected chi connectivity index (χ3v) is 2.88. The largest absolute Gasteiger partial charge is 0.379 e. The fraction of sp³-hybridized carbons (Fsp3) is 0.769. The minimum atomic E-state index is 0.547. The molecule has 0 atom stereocenters. The first-order valence-electron chi connectivity index (χ1n) is 6.43. The Hall–Kier alpha value is -0.870. The van der Waals surface area contributed by atoms with Gasteiger partial charge in [-0.05, 0) is 18.5 Å². The lowest BCUT2D eigenvalue weighted by Crippen LogP contribution is -2.35. The molecule has 1 saturated heterocycles. The lowest BCUT2D eigenvalue weighted by Gasteiger charge is -2.24. The number of hydrogen-bond acceptors (Lipinski definition) is 3. The van der Waals surface area contributed by atoms with E-state index in [1.807, 2.05) is 24.0 Å². The van der Waals surface area contributed by atoms with Crippen molar-refractivity contribution < 1.29 is 4.74 Å². The van der Waals surface area contributed by atoms with E-state index in [9.17, 15) is 0 Å². The van der Waals surface area contributed by atoms with E-state index in [0.717, 1.165) is 32.0 Å². The van der Waals surface area contributed by atoms with Crippen LogP contribution < -0.4 is 0 Å². The van der Waals surface area contributed by atoms with Crippen molar-refractivity contribution in [2.45, 2.75) is 26.7 Å².